The molecule has 7 heteroatoms. The van der Waals surface area contributed by atoms with Crippen LogP contribution in [0.25, 0.3) is 11.8 Å². The number of thiophene rings is 1. The normalized spacial score (nSPS) is 11.2. The van der Waals surface area contributed by atoms with Gasteiger partial charge in [0.05, 0.1) is 16.6 Å². The van der Waals surface area contributed by atoms with E-state index in [0.29, 0.717) is 11.5 Å². The number of hydrogen-bond acceptors (Lipinski definition) is 6. The average Bonchev–Trinajstić information content (AvgIpc) is 3.09. The zero-order valence-corrected chi connectivity index (χ0v) is 11.2. The number of rotatable bonds is 6. The molecule has 2 rings (SSSR count). The maximum atomic E-state index is 10.4. The summed E-state index contributed by atoms with van der Waals surface area (Å²) in [6.07, 6.45) is 4.69. The van der Waals surface area contributed by atoms with Crippen LogP contribution >= 0.6 is 11.3 Å². The Morgan fingerprint density at radius 3 is 3.00 bits per heavy atom. The zero-order chi connectivity index (χ0) is 14.4. The molecule has 2 aromatic heterocycles. The monoisotopic (exact) mass is 289 g/mol. The molecule has 0 aliphatic heterocycles. The van der Waals surface area contributed by atoms with Crippen LogP contribution in [0.1, 0.15) is 10.6 Å². The summed E-state index contributed by atoms with van der Waals surface area (Å²) in [7, 11) is 0. The number of nitro groups is 1. The van der Waals surface area contributed by atoms with E-state index >= 15 is 0 Å². The Hall–Kier alpha value is -2.67. The fourth-order valence-corrected chi connectivity index (χ4v) is 1.98. The van der Waals surface area contributed by atoms with E-state index in [2.05, 4.69) is 17.1 Å². The minimum atomic E-state index is -0.585. The van der Waals surface area contributed by atoms with E-state index < -0.39 is 4.92 Å². The SMILES string of the molecule is C=C(N/N=C/C=C/c1ccc([N+](=O)[O-])o1)c1cccs1. The van der Waals surface area contributed by atoms with Crippen LogP contribution in [0.2, 0.25) is 0 Å². The molecule has 102 valence electrons. The average molecular weight is 289 g/mol. The van der Waals surface area contributed by atoms with Crippen molar-refractivity contribution in [1.29, 1.82) is 0 Å². The summed E-state index contributed by atoms with van der Waals surface area (Å²) in [5.41, 5.74) is 3.50. The summed E-state index contributed by atoms with van der Waals surface area (Å²) in [5.74, 6) is 0.103. The number of hydrogen-bond donors (Lipinski definition) is 1. The van der Waals surface area contributed by atoms with Crippen molar-refractivity contribution < 1.29 is 9.34 Å². The lowest BCUT2D eigenvalue weighted by atomic mass is 10.4. The van der Waals surface area contributed by atoms with E-state index in [-0.39, 0.29) is 5.88 Å². The third kappa shape index (κ3) is 3.66. The van der Waals surface area contributed by atoms with E-state index in [4.69, 9.17) is 4.42 Å². The first kappa shape index (κ1) is 13.8. The Labute approximate surface area is 118 Å². The van der Waals surface area contributed by atoms with Crippen molar-refractivity contribution in [3.8, 4) is 0 Å². The summed E-state index contributed by atoms with van der Waals surface area (Å²) in [6, 6.07) is 6.68. The molecule has 0 aromatic carbocycles. The first-order valence-electron chi connectivity index (χ1n) is 5.59. The number of nitrogens with one attached hydrogen (secondary N) is 1. The first-order chi connectivity index (χ1) is 9.66. The Kier molecular flexibility index (Phi) is 4.46. The highest BCUT2D eigenvalue weighted by Gasteiger charge is 2.09. The summed E-state index contributed by atoms with van der Waals surface area (Å²) < 4.78 is 4.95. The highest BCUT2D eigenvalue weighted by Crippen LogP contribution is 2.16. The van der Waals surface area contributed by atoms with Gasteiger partial charge in [-0.05, 0) is 29.7 Å². The van der Waals surface area contributed by atoms with Gasteiger partial charge in [0, 0.05) is 6.21 Å². The van der Waals surface area contributed by atoms with Gasteiger partial charge < -0.3 is 4.42 Å². The van der Waals surface area contributed by atoms with Crippen molar-refractivity contribution >= 4 is 35.2 Å². The molecule has 2 aromatic rings. The lowest BCUT2D eigenvalue weighted by molar-refractivity contribution is -0.402. The predicted molar refractivity (Wildman–Crippen MR) is 79.4 cm³/mol. The molecule has 0 aliphatic carbocycles. The topological polar surface area (TPSA) is 80.7 Å². The van der Waals surface area contributed by atoms with Gasteiger partial charge in [-0.3, -0.25) is 15.5 Å². The second-order valence-electron chi connectivity index (χ2n) is 3.64. The van der Waals surface area contributed by atoms with Crippen molar-refractivity contribution in [3.63, 3.8) is 0 Å². The summed E-state index contributed by atoms with van der Waals surface area (Å²) in [5, 5.41) is 16.3. The number of nitrogens with zero attached hydrogens (tertiary/aromatic N) is 2. The molecule has 6 nitrogen and oxygen atoms in total. The molecule has 0 saturated carbocycles. The third-order valence-corrected chi connectivity index (χ3v) is 3.16. The van der Waals surface area contributed by atoms with Crippen molar-refractivity contribution in [1.82, 2.24) is 5.43 Å². The molecule has 20 heavy (non-hydrogen) atoms. The van der Waals surface area contributed by atoms with Crippen LogP contribution in [0, 0.1) is 10.1 Å². The molecule has 0 fully saturated rings. The molecule has 0 unspecified atom stereocenters. The molecule has 0 saturated heterocycles. The van der Waals surface area contributed by atoms with E-state index in [1.807, 2.05) is 17.5 Å². The smallest absolute Gasteiger partial charge is 0.401 e. The second-order valence-corrected chi connectivity index (χ2v) is 4.59. The third-order valence-electron chi connectivity index (χ3n) is 2.23. The molecular weight excluding hydrogens is 278 g/mol. The van der Waals surface area contributed by atoms with Gasteiger partial charge in [-0.1, -0.05) is 12.6 Å². The zero-order valence-electron chi connectivity index (χ0n) is 10.4. The molecule has 1 N–H and O–H groups in total. The summed E-state index contributed by atoms with van der Waals surface area (Å²) >= 11 is 1.56. The number of allylic oxidation sites excluding steroid dienone is 1. The standard InChI is InChI=1S/C13H11N3O3S/c1-10(12-5-3-9-20-12)15-14-8-2-4-11-6-7-13(19-11)16(17)18/h2-9,15H,1H2/b4-2+,14-8+. The number of furan rings is 1. The number of hydrazone groups is 1. The van der Waals surface area contributed by atoms with E-state index in [1.54, 1.807) is 23.5 Å². The maximum absolute atomic E-state index is 10.4. The van der Waals surface area contributed by atoms with Crippen molar-refractivity contribution in [2.24, 2.45) is 5.10 Å². The van der Waals surface area contributed by atoms with Gasteiger partial charge in [-0.15, -0.1) is 11.3 Å². The van der Waals surface area contributed by atoms with Crippen LogP contribution in [0.4, 0.5) is 5.88 Å². The highest BCUT2D eigenvalue weighted by atomic mass is 32.1. The van der Waals surface area contributed by atoms with Crippen molar-refractivity contribution in [3.05, 3.63) is 63.1 Å². The molecule has 0 atom stereocenters. The van der Waals surface area contributed by atoms with Crippen LogP contribution in [-0.4, -0.2) is 11.1 Å². The van der Waals surface area contributed by atoms with E-state index in [1.165, 1.54) is 18.3 Å². The van der Waals surface area contributed by atoms with Gasteiger partial charge in [0.1, 0.15) is 10.7 Å². The van der Waals surface area contributed by atoms with Gasteiger partial charge in [0.25, 0.3) is 0 Å². The second kappa shape index (κ2) is 6.48. The fraction of sp³-hybridized carbons (Fsp3) is 0. The van der Waals surface area contributed by atoms with E-state index in [0.717, 1.165) is 4.88 Å². The Balaban J connectivity index is 1.85. The van der Waals surface area contributed by atoms with Crippen LogP contribution in [0.3, 0.4) is 0 Å². The van der Waals surface area contributed by atoms with Gasteiger partial charge >= 0.3 is 5.88 Å². The lowest BCUT2D eigenvalue weighted by Crippen LogP contribution is -2.00. The Morgan fingerprint density at radius 2 is 2.35 bits per heavy atom. The first-order valence-corrected chi connectivity index (χ1v) is 6.47. The Bertz CT molecular complexity index is 656. The minimum Gasteiger partial charge on any atom is -0.401 e. The summed E-state index contributed by atoms with van der Waals surface area (Å²) in [6.45, 7) is 3.84. The van der Waals surface area contributed by atoms with Gasteiger partial charge in [-0.2, -0.15) is 5.10 Å². The molecule has 0 aliphatic rings. The van der Waals surface area contributed by atoms with Crippen molar-refractivity contribution in [2.75, 3.05) is 0 Å². The van der Waals surface area contributed by atoms with Crippen molar-refractivity contribution in [2.45, 2.75) is 0 Å². The fourth-order valence-electron chi connectivity index (χ4n) is 1.33. The molecule has 0 spiro atoms. The van der Waals surface area contributed by atoms with E-state index in [9.17, 15) is 10.1 Å². The molecule has 0 bridgehead atoms. The van der Waals surface area contributed by atoms with Crippen LogP contribution in [0.5, 0.6) is 0 Å². The highest BCUT2D eigenvalue weighted by molar-refractivity contribution is 7.11. The van der Waals surface area contributed by atoms with Gasteiger partial charge in [-0.25, -0.2) is 0 Å². The molecular formula is C13H11N3O3S. The van der Waals surface area contributed by atoms with Crippen LogP contribution in [0.15, 0.2) is 51.8 Å². The van der Waals surface area contributed by atoms with Gasteiger partial charge in [0.2, 0.25) is 0 Å². The largest absolute Gasteiger partial charge is 0.433 e. The quantitative estimate of drug-likeness (QED) is 0.501. The maximum Gasteiger partial charge on any atom is 0.433 e. The van der Waals surface area contributed by atoms with Crippen LogP contribution in [-0.2, 0) is 0 Å². The van der Waals surface area contributed by atoms with Gasteiger partial charge in [0.15, 0.2) is 0 Å². The minimum absolute atomic E-state index is 0.286. The van der Waals surface area contributed by atoms with Crippen LogP contribution < -0.4 is 5.43 Å². The Morgan fingerprint density at radius 1 is 1.50 bits per heavy atom. The molecule has 0 radical (unpaired) electrons. The molecule has 2 heterocycles. The summed E-state index contributed by atoms with van der Waals surface area (Å²) in [4.78, 5) is 10.8. The lowest BCUT2D eigenvalue weighted by Gasteiger charge is -1.99. The predicted octanol–water partition coefficient (Wildman–Crippen LogP) is 3.51. The molecule has 0 amide bonds.